The van der Waals surface area contributed by atoms with Crippen molar-refractivity contribution >= 4 is 11.8 Å². The van der Waals surface area contributed by atoms with Crippen LogP contribution >= 0.6 is 0 Å². The predicted molar refractivity (Wildman–Crippen MR) is 65.9 cm³/mol. The van der Waals surface area contributed by atoms with Crippen LogP contribution in [0.25, 0.3) is 5.69 Å². The summed E-state index contributed by atoms with van der Waals surface area (Å²) in [5.74, 6) is 0.133. The third-order valence-electron chi connectivity index (χ3n) is 2.54. The van der Waals surface area contributed by atoms with Crippen molar-refractivity contribution in [1.29, 1.82) is 0 Å². The summed E-state index contributed by atoms with van der Waals surface area (Å²) in [4.78, 5) is 10.6. The fourth-order valence-electron chi connectivity index (χ4n) is 1.62. The molecule has 94 valence electrons. The van der Waals surface area contributed by atoms with Crippen LogP contribution in [0.5, 0.6) is 5.75 Å². The Hall–Kier alpha value is -2.50. The third-order valence-corrected chi connectivity index (χ3v) is 2.54. The molecular weight excluding hydrogens is 234 g/mol. The van der Waals surface area contributed by atoms with Gasteiger partial charge in [-0.3, -0.25) is 4.79 Å². The lowest BCUT2D eigenvalue weighted by molar-refractivity contribution is -0.136. The maximum Gasteiger partial charge on any atom is 0.308 e. The van der Waals surface area contributed by atoms with Gasteiger partial charge in [0.05, 0.1) is 25.4 Å². The van der Waals surface area contributed by atoms with Gasteiger partial charge in [0.25, 0.3) is 0 Å². The van der Waals surface area contributed by atoms with Crippen molar-refractivity contribution in [1.82, 2.24) is 9.78 Å². The van der Waals surface area contributed by atoms with E-state index in [-0.39, 0.29) is 6.42 Å². The van der Waals surface area contributed by atoms with E-state index in [9.17, 15) is 4.79 Å². The summed E-state index contributed by atoms with van der Waals surface area (Å²) < 4.78 is 6.55. The Balaban J connectivity index is 2.32. The van der Waals surface area contributed by atoms with Gasteiger partial charge >= 0.3 is 5.97 Å². The number of rotatable bonds is 4. The van der Waals surface area contributed by atoms with E-state index < -0.39 is 5.97 Å². The number of nitrogen functional groups attached to an aromatic ring is 1. The molecule has 0 aliphatic heterocycles. The predicted octanol–water partition coefficient (Wildman–Crippen LogP) is 1.09. The molecule has 0 fully saturated rings. The molecule has 2 aromatic rings. The van der Waals surface area contributed by atoms with Crippen LogP contribution in [0, 0.1) is 0 Å². The van der Waals surface area contributed by atoms with Gasteiger partial charge < -0.3 is 15.6 Å². The molecule has 1 aromatic carbocycles. The van der Waals surface area contributed by atoms with Crippen molar-refractivity contribution in [3.63, 3.8) is 0 Å². The van der Waals surface area contributed by atoms with E-state index in [1.165, 1.54) is 10.9 Å². The van der Waals surface area contributed by atoms with Crippen LogP contribution in [0.1, 0.15) is 5.56 Å². The summed E-state index contributed by atoms with van der Waals surface area (Å²) in [6, 6.07) is 7.17. The van der Waals surface area contributed by atoms with Gasteiger partial charge in [-0.2, -0.15) is 5.10 Å². The van der Waals surface area contributed by atoms with E-state index in [4.69, 9.17) is 15.6 Å². The lowest BCUT2D eigenvalue weighted by Crippen LogP contribution is -2.05. The van der Waals surface area contributed by atoms with Gasteiger partial charge in [-0.05, 0) is 24.3 Å². The molecule has 2 rings (SSSR count). The van der Waals surface area contributed by atoms with E-state index in [0.717, 1.165) is 11.4 Å². The zero-order valence-electron chi connectivity index (χ0n) is 9.83. The summed E-state index contributed by atoms with van der Waals surface area (Å²) in [5.41, 5.74) is 7.11. The molecule has 0 atom stereocenters. The number of methoxy groups -OCH3 is 1. The molecule has 6 heteroatoms. The lowest BCUT2D eigenvalue weighted by atomic mass is 10.2. The number of benzene rings is 1. The molecule has 6 nitrogen and oxygen atoms in total. The van der Waals surface area contributed by atoms with E-state index in [2.05, 4.69) is 5.10 Å². The minimum Gasteiger partial charge on any atom is -0.497 e. The molecule has 0 amide bonds. The summed E-state index contributed by atoms with van der Waals surface area (Å²) in [7, 11) is 1.59. The van der Waals surface area contributed by atoms with Crippen LogP contribution in [-0.2, 0) is 11.2 Å². The first-order valence-corrected chi connectivity index (χ1v) is 5.30. The number of carboxylic acid groups (broad SMARTS) is 1. The fourth-order valence-corrected chi connectivity index (χ4v) is 1.62. The van der Waals surface area contributed by atoms with Crippen molar-refractivity contribution in [3.8, 4) is 11.4 Å². The standard InChI is InChI=1S/C12H13N3O3/c1-18-10-4-2-9(3-5-10)15-12(13)8(7-14-15)6-11(16)17/h2-5,7H,6,13H2,1H3,(H,16,17). The molecule has 0 aliphatic rings. The van der Waals surface area contributed by atoms with E-state index in [1.807, 2.05) is 0 Å². The van der Waals surface area contributed by atoms with Crippen molar-refractivity contribution in [2.45, 2.75) is 6.42 Å². The van der Waals surface area contributed by atoms with Crippen LogP contribution < -0.4 is 10.5 Å². The average molecular weight is 247 g/mol. The number of aliphatic carboxylic acids is 1. The summed E-state index contributed by atoms with van der Waals surface area (Å²) in [5, 5.41) is 12.8. The number of nitrogens with two attached hydrogens (primary N) is 1. The third kappa shape index (κ3) is 2.27. The SMILES string of the molecule is COc1ccc(-n2ncc(CC(=O)O)c2N)cc1. The highest BCUT2D eigenvalue weighted by Gasteiger charge is 2.11. The number of hydrogen-bond donors (Lipinski definition) is 2. The minimum absolute atomic E-state index is 0.137. The van der Waals surface area contributed by atoms with Crippen LogP contribution in [0.4, 0.5) is 5.82 Å². The van der Waals surface area contributed by atoms with Gasteiger partial charge in [-0.1, -0.05) is 0 Å². The quantitative estimate of drug-likeness (QED) is 0.844. The van der Waals surface area contributed by atoms with Crippen LogP contribution in [-0.4, -0.2) is 28.0 Å². The fraction of sp³-hybridized carbons (Fsp3) is 0.167. The first-order chi connectivity index (χ1) is 8.61. The normalized spacial score (nSPS) is 10.3. The maximum absolute atomic E-state index is 10.6. The number of anilines is 1. The molecule has 0 saturated carbocycles. The zero-order chi connectivity index (χ0) is 13.1. The Morgan fingerprint density at radius 3 is 2.67 bits per heavy atom. The number of carbonyl (C=O) groups is 1. The molecule has 0 aliphatic carbocycles. The Bertz CT molecular complexity index is 560. The molecule has 1 aromatic heterocycles. The van der Waals surface area contributed by atoms with Crippen LogP contribution in [0.15, 0.2) is 30.5 Å². The van der Waals surface area contributed by atoms with Crippen molar-refractivity contribution in [3.05, 3.63) is 36.0 Å². The van der Waals surface area contributed by atoms with Crippen LogP contribution in [0.3, 0.4) is 0 Å². The largest absolute Gasteiger partial charge is 0.497 e. The van der Waals surface area contributed by atoms with Crippen molar-refractivity contribution < 1.29 is 14.6 Å². The zero-order valence-corrected chi connectivity index (χ0v) is 9.83. The lowest BCUT2D eigenvalue weighted by Gasteiger charge is -2.06. The molecule has 0 spiro atoms. The second kappa shape index (κ2) is 4.79. The molecule has 18 heavy (non-hydrogen) atoms. The topological polar surface area (TPSA) is 90.4 Å². The second-order valence-electron chi connectivity index (χ2n) is 3.74. The molecular formula is C12H13N3O3. The number of nitrogens with zero attached hydrogens (tertiary/aromatic N) is 2. The van der Waals surface area contributed by atoms with Gasteiger partial charge in [0.15, 0.2) is 0 Å². The number of ether oxygens (including phenoxy) is 1. The Labute approximate surface area is 104 Å². The highest BCUT2D eigenvalue weighted by atomic mass is 16.5. The Kier molecular flexibility index (Phi) is 3.18. The van der Waals surface area contributed by atoms with Crippen molar-refractivity contribution in [2.75, 3.05) is 12.8 Å². The van der Waals surface area contributed by atoms with Crippen LogP contribution in [0.2, 0.25) is 0 Å². The summed E-state index contributed by atoms with van der Waals surface area (Å²) in [6.45, 7) is 0. The van der Waals surface area contributed by atoms with Gasteiger partial charge in [0.2, 0.25) is 0 Å². The molecule has 1 heterocycles. The smallest absolute Gasteiger partial charge is 0.308 e. The van der Waals surface area contributed by atoms with Crippen molar-refractivity contribution in [2.24, 2.45) is 0 Å². The van der Waals surface area contributed by atoms with E-state index in [1.54, 1.807) is 31.4 Å². The summed E-state index contributed by atoms with van der Waals surface area (Å²) in [6.07, 6.45) is 1.33. The average Bonchev–Trinajstić information content (AvgIpc) is 2.71. The Morgan fingerprint density at radius 1 is 1.44 bits per heavy atom. The number of hydrogen-bond acceptors (Lipinski definition) is 4. The molecule has 3 N–H and O–H groups in total. The highest BCUT2D eigenvalue weighted by Crippen LogP contribution is 2.19. The molecule has 0 saturated heterocycles. The highest BCUT2D eigenvalue weighted by molar-refractivity contribution is 5.72. The van der Waals surface area contributed by atoms with Gasteiger partial charge in [0.1, 0.15) is 11.6 Å². The monoisotopic (exact) mass is 247 g/mol. The molecule has 0 radical (unpaired) electrons. The maximum atomic E-state index is 10.6. The first kappa shape index (κ1) is 12.0. The number of carboxylic acids is 1. The van der Waals surface area contributed by atoms with E-state index >= 15 is 0 Å². The first-order valence-electron chi connectivity index (χ1n) is 5.30. The number of aromatic nitrogens is 2. The summed E-state index contributed by atoms with van der Waals surface area (Å²) >= 11 is 0. The van der Waals surface area contributed by atoms with Gasteiger partial charge in [-0.25, -0.2) is 4.68 Å². The van der Waals surface area contributed by atoms with Gasteiger partial charge in [-0.15, -0.1) is 0 Å². The Morgan fingerprint density at radius 2 is 2.11 bits per heavy atom. The molecule has 0 unspecified atom stereocenters. The van der Waals surface area contributed by atoms with Gasteiger partial charge in [0, 0.05) is 5.56 Å². The minimum atomic E-state index is -0.934. The molecule has 0 bridgehead atoms. The second-order valence-corrected chi connectivity index (χ2v) is 3.74. The van der Waals surface area contributed by atoms with E-state index in [0.29, 0.717) is 11.4 Å².